The van der Waals surface area contributed by atoms with Crippen molar-refractivity contribution in [3.05, 3.63) is 0 Å². The van der Waals surface area contributed by atoms with Gasteiger partial charge in [-0.3, -0.25) is 0 Å². The molecule has 0 spiro atoms. The summed E-state index contributed by atoms with van der Waals surface area (Å²) in [6, 6.07) is 0. The van der Waals surface area contributed by atoms with Crippen molar-refractivity contribution >= 4 is 0 Å². The lowest BCUT2D eigenvalue weighted by Gasteiger charge is -2.32. The SMILES string of the molecule is CC(C)(COCC(C)(CO)COCCC(F)(F)CC(F)(F)F)COCC(C)(CO)COCCC(F)(F)CC(F)(F)F.CC(C)(COCC(C)(CO)COCCC(F)(F)F)COCC(C)(CO)COCCC(F)(F)F.CC(C)(COCC(CO)COCC(F)(F)F)COCC(C)(CO)COCC(F)(F)F.CC(C)(COCC(CO)COCCC(F)(F)C(F)(F)F)COCC(C)(CO)COCCC(F)(F)C(F)(F)F.[HH].[HH].[HH].[HH]. The van der Waals surface area contributed by atoms with Crippen LogP contribution in [0.3, 0.4) is 0 Å². The van der Waals surface area contributed by atoms with Crippen LogP contribution in [0.1, 0.15) is 154 Å². The number of halogens is 32. The average Bonchev–Trinajstić information content (AvgIpc) is 0.842. The molecule has 0 heterocycles. The minimum absolute atomic E-state index is 0. The van der Waals surface area contributed by atoms with E-state index in [9.17, 15) is 181 Å². The van der Waals surface area contributed by atoms with E-state index in [1.165, 1.54) is 27.7 Å². The largest absolute Gasteiger partial charge is 0.453 e. The van der Waals surface area contributed by atoms with Crippen molar-refractivity contribution in [3.8, 4) is 0 Å². The summed E-state index contributed by atoms with van der Waals surface area (Å²) in [6.07, 6.45) is -51.0. The van der Waals surface area contributed by atoms with E-state index in [0.717, 1.165) is 0 Å². The van der Waals surface area contributed by atoms with E-state index in [1.54, 1.807) is 55.4 Å². The van der Waals surface area contributed by atoms with Crippen molar-refractivity contribution in [2.45, 2.75) is 221 Å². The van der Waals surface area contributed by atoms with Gasteiger partial charge in [0.15, 0.2) is 0 Å². The molecule has 56 heteroatoms. The third-order valence-corrected chi connectivity index (χ3v) is 19.3. The van der Waals surface area contributed by atoms with Gasteiger partial charge in [-0.2, -0.15) is 123 Å². The molecule has 8 N–H and O–H groups in total. The third kappa shape index (κ3) is 78.9. The molecule has 8 unspecified atom stereocenters. The summed E-state index contributed by atoms with van der Waals surface area (Å²) >= 11 is 0. The van der Waals surface area contributed by atoms with Crippen LogP contribution in [0, 0.1) is 66.0 Å². The summed E-state index contributed by atoms with van der Waals surface area (Å²) in [5, 5.41) is 75.9. The molecular weight excluding hydrogens is 2020 g/mol. The summed E-state index contributed by atoms with van der Waals surface area (Å²) in [7, 11) is 0. The number of hydrogen-bond acceptors (Lipinski definition) is 24. The van der Waals surface area contributed by atoms with Gasteiger partial charge in [0.25, 0.3) is 11.8 Å². The number of alkyl halides is 32. The van der Waals surface area contributed by atoms with Crippen molar-refractivity contribution in [1.82, 2.24) is 0 Å². The van der Waals surface area contributed by atoms with Gasteiger partial charge < -0.3 is 117 Å². The highest BCUT2D eigenvalue weighted by Gasteiger charge is 2.58. The van der Waals surface area contributed by atoms with E-state index < -0.39 is 283 Å². The van der Waals surface area contributed by atoms with Crippen LogP contribution in [0.2, 0.25) is 0 Å². The smallest absolute Gasteiger partial charge is 0.396 e. The number of hydrogen-bond donors (Lipinski definition) is 8. The maximum atomic E-state index is 13.4. The van der Waals surface area contributed by atoms with E-state index in [4.69, 9.17) is 66.3 Å². The summed E-state index contributed by atoms with van der Waals surface area (Å²) in [4.78, 5) is 0. The maximum Gasteiger partial charge on any atom is 0.453 e. The second-order valence-corrected chi connectivity index (χ2v) is 40.6. The first-order valence-corrected chi connectivity index (χ1v) is 44.2. The highest BCUT2D eigenvalue weighted by Crippen LogP contribution is 2.42. The highest BCUT2D eigenvalue weighted by molar-refractivity contribution is 4.84. The predicted molar refractivity (Wildman–Crippen MR) is 454 cm³/mol. The van der Waals surface area contributed by atoms with Gasteiger partial charge in [0, 0.05) is 97.4 Å². The first-order valence-electron chi connectivity index (χ1n) is 44.2. The van der Waals surface area contributed by atoms with Crippen LogP contribution in [-0.2, 0) is 75.8 Å². The molecule has 0 saturated carbocycles. The zero-order chi connectivity index (χ0) is 111. The van der Waals surface area contributed by atoms with Gasteiger partial charge in [-0.15, -0.1) is 0 Å². The van der Waals surface area contributed by atoms with Crippen molar-refractivity contribution in [2.24, 2.45) is 66.0 Å². The normalized spacial score (nSPS) is 16.8. The Bertz CT molecular complexity index is 3100. The zero-order valence-electron chi connectivity index (χ0n) is 82.3. The third-order valence-electron chi connectivity index (χ3n) is 19.3. The fourth-order valence-electron chi connectivity index (χ4n) is 10.6. The van der Waals surface area contributed by atoms with E-state index in [2.05, 4.69) is 9.47 Å². The standard InChI is InChI=1S/C25H42F10O6.C22H36F10O6.C21H38F6O6.C18H32F6O6.4H2/c1-19(2,13-40-17-20(3,11-36)15-38-7-5-22(26,27)9-24(30,31)32)14-41-18-21(4,12-37)16-39-8-6-23(28,29)10-25(33,34)35;1-17(2,12-37-10-16(8-33)9-35-6-4-19(23,24)21(27,28)29)13-38-15-18(3,11-34)14-36-7-5-20(25,26)22(30,31)32;1-17(2,11-32-15-18(3,9-28)13-30-7-5-20(22,23)24)12-33-16-19(4,10-29)14-31-8-6-21(25,26)27;1-15(2,8-27-5-14(4-25)6-28-12-17(19,20)21)9-29-10-16(3,7-26)11-30-13-18(22,23)24;;;;/h36-37H,5-18H2,1-4H3;16,33-34H,4-15H2,1-3H3;28-29H,5-16H2,1-4H3;14,25-26H,4-13H2,1-3H3;4*1H. The van der Waals surface area contributed by atoms with Gasteiger partial charge in [0.05, 0.1) is 264 Å². The second kappa shape index (κ2) is 65.3. The molecular formula is C86H156F32O24. The molecule has 24 nitrogen and oxygen atoms in total. The average molecular weight is 2180 g/mol. The Balaban J connectivity index is -0.000000289. The Labute approximate surface area is 812 Å². The summed E-state index contributed by atoms with van der Waals surface area (Å²) in [5.41, 5.74) is -8.17. The molecule has 0 amide bonds. The van der Waals surface area contributed by atoms with Gasteiger partial charge in [0.1, 0.15) is 26.1 Å². The molecule has 0 aliphatic carbocycles. The van der Waals surface area contributed by atoms with Crippen molar-refractivity contribution in [1.29, 1.82) is 0 Å². The molecule has 0 bridgehead atoms. The molecule has 8 atom stereocenters. The van der Waals surface area contributed by atoms with Crippen LogP contribution in [0.15, 0.2) is 0 Å². The van der Waals surface area contributed by atoms with Gasteiger partial charge in [-0.1, -0.05) is 96.9 Å². The molecule has 0 aromatic heterocycles. The van der Waals surface area contributed by atoms with E-state index in [-0.39, 0.29) is 177 Å². The molecule has 0 aliphatic rings. The van der Waals surface area contributed by atoms with Crippen LogP contribution < -0.4 is 0 Å². The molecule has 0 saturated heterocycles. The summed E-state index contributed by atoms with van der Waals surface area (Å²) in [5.74, 6) is -19.0. The first kappa shape index (κ1) is 145. The first-order chi connectivity index (χ1) is 64.0. The fraction of sp³-hybridized carbons (Fsp3) is 1.00. The minimum Gasteiger partial charge on any atom is -0.396 e. The molecule has 0 aromatic carbocycles. The monoisotopic (exact) mass is 2180 g/mol. The molecule has 868 valence electrons. The second-order valence-electron chi connectivity index (χ2n) is 40.6. The lowest BCUT2D eigenvalue weighted by atomic mass is 9.92. The van der Waals surface area contributed by atoms with Crippen molar-refractivity contribution < 1.29 is 263 Å². The van der Waals surface area contributed by atoms with Gasteiger partial charge in [-0.25, -0.2) is 17.6 Å². The van der Waals surface area contributed by atoms with E-state index >= 15 is 0 Å². The van der Waals surface area contributed by atoms with Crippen molar-refractivity contribution in [2.75, 3.05) is 264 Å². The number of aliphatic hydroxyl groups excluding tert-OH is 8. The quantitative estimate of drug-likeness (QED) is 0.0207. The molecule has 0 aromatic rings. The van der Waals surface area contributed by atoms with Crippen LogP contribution in [0.5, 0.6) is 0 Å². The Morgan fingerprint density at radius 1 is 0.183 bits per heavy atom. The van der Waals surface area contributed by atoms with Gasteiger partial charge in [0.2, 0.25) is 0 Å². The van der Waals surface area contributed by atoms with Crippen LogP contribution >= 0.6 is 0 Å². The molecule has 0 radical (unpaired) electrons. The van der Waals surface area contributed by atoms with E-state index in [1.807, 2.05) is 13.8 Å². The molecule has 0 aliphatic heterocycles. The fourth-order valence-corrected chi connectivity index (χ4v) is 10.6. The molecule has 0 fully saturated rings. The van der Waals surface area contributed by atoms with Gasteiger partial charge in [-0.05, 0) is 0 Å². The highest BCUT2D eigenvalue weighted by atomic mass is 19.5. The molecule has 0 rings (SSSR count). The van der Waals surface area contributed by atoms with Crippen LogP contribution in [0.4, 0.5) is 140 Å². The number of aliphatic hydroxyl groups is 8. The Hall–Kier alpha value is -3.20. The maximum absolute atomic E-state index is 13.4. The summed E-state index contributed by atoms with van der Waals surface area (Å²) in [6.45, 7) is 12.0. The van der Waals surface area contributed by atoms with Crippen LogP contribution in [0.25, 0.3) is 0 Å². The topological polar surface area (TPSA) is 310 Å². The van der Waals surface area contributed by atoms with E-state index in [0.29, 0.717) is 0 Å². The Morgan fingerprint density at radius 3 is 0.542 bits per heavy atom. The van der Waals surface area contributed by atoms with Gasteiger partial charge >= 0.3 is 61.3 Å². The summed E-state index contributed by atoms with van der Waals surface area (Å²) < 4.78 is 480. The van der Waals surface area contributed by atoms with Crippen molar-refractivity contribution in [3.63, 3.8) is 0 Å². The van der Waals surface area contributed by atoms with Crippen LogP contribution in [-0.4, -0.2) is 378 Å². The zero-order valence-corrected chi connectivity index (χ0v) is 82.3. The lowest BCUT2D eigenvalue weighted by molar-refractivity contribution is -0.287. The number of rotatable bonds is 76. The molecule has 142 heavy (non-hydrogen) atoms. The lowest BCUT2D eigenvalue weighted by Crippen LogP contribution is -2.39. The number of ether oxygens (including phenoxy) is 16. The Morgan fingerprint density at radius 2 is 0.352 bits per heavy atom. The predicted octanol–water partition coefficient (Wildman–Crippen LogP) is 18.7. The minimum atomic E-state index is -5.69. The Kier molecular flexibility index (Phi) is 66.7.